The first kappa shape index (κ1) is 13.1. The average molecular weight is 247 g/mol. The molecular formula is C15H21NO2. The molecule has 1 aliphatic heterocycles. The first-order valence-corrected chi connectivity index (χ1v) is 6.73. The fourth-order valence-electron chi connectivity index (χ4n) is 2.97. The van der Waals surface area contributed by atoms with Crippen molar-refractivity contribution in [2.75, 3.05) is 6.54 Å². The molecule has 2 unspecified atom stereocenters. The number of piperidine rings is 1. The largest absolute Gasteiger partial charge is 0.481 e. The lowest BCUT2D eigenvalue weighted by atomic mass is 9.87. The number of carboxylic acid groups (broad SMARTS) is 1. The van der Waals surface area contributed by atoms with E-state index in [4.69, 9.17) is 0 Å². The molecule has 2 rings (SSSR count). The number of aliphatic carboxylic acids is 1. The molecule has 0 aromatic heterocycles. The van der Waals surface area contributed by atoms with Gasteiger partial charge in [0.05, 0.1) is 5.92 Å². The first-order chi connectivity index (χ1) is 8.72. The van der Waals surface area contributed by atoms with Gasteiger partial charge < -0.3 is 5.11 Å². The standard InChI is InChI=1S/C15H21NO2/c1-2-14-13(15(17)18)9-6-10-16(14)11-12-7-4-3-5-8-12/h3-5,7-8,13-14H,2,6,9-11H2,1H3,(H,17,18). The molecule has 18 heavy (non-hydrogen) atoms. The van der Waals surface area contributed by atoms with Crippen molar-refractivity contribution in [2.45, 2.75) is 38.8 Å². The Bertz CT molecular complexity index is 391. The minimum absolute atomic E-state index is 0.177. The number of hydrogen-bond acceptors (Lipinski definition) is 2. The van der Waals surface area contributed by atoms with Gasteiger partial charge in [-0.25, -0.2) is 0 Å². The number of carboxylic acids is 1. The van der Waals surface area contributed by atoms with Crippen LogP contribution in [0.15, 0.2) is 30.3 Å². The fraction of sp³-hybridized carbons (Fsp3) is 0.533. The number of likely N-dealkylation sites (tertiary alicyclic amines) is 1. The summed E-state index contributed by atoms with van der Waals surface area (Å²) in [6, 6.07) is 10.5. The van der Waals surface area contributed by atoms with Gasteiger partial charge in [0.15, 0.2) is 0 Å². The topological polar surface area (TPSA) is 40.5 Å². The molecule has 1 aromatic carbocycles. The maximum Gasteiger partial charge on any atom is 0.308 e. The summed E-state index contributed by atoms with van der Waals surface area (Å²) in [5.74, 6) is -0.841. The third kappa shape index (κ3) is 2.91. The van der Waals surface area contributed by atoms with E-state index >= 15 is 0 Å². The molecular weight excluding hydrogens is 226 g/mol. The lowest BCUT2D eigenvalue weighted by Crippen LogP contribution is -2.47. The van der Waals surface area contributed by atoms with Crippen molar-refractivity contribution in [3.8, 4) is 0 Å². The average Bonchev–Trinajstić information content (AvgIpc) is 2.39. The molecule has 3 nitrogen and oxygen atoms in total. The van der Waals surface area contributed by atoms with Crippen molar-refractivity contribution in [3.63, 3.8) is 0 Å². The van der Waals surface area contributed by atoms with Gasteiger partial charge in [-0.1, -0.05) is 37.3 Å². The highest BCUT2D eigenvalue weighted by Gasteiger charge is 2.34. The van der Waals surface area contributed by atoms with Crippen LogP contribution in [0.3, 0.4) is 0 Å². The van der Waals surface area contributed by atoms with E-state index in [0.29, 0.717) is 0 Å². The third-order valence-electron chi connectivity index (χ3n) is 3.86. The highest BCUT2D eigenvalue weighted by atomic mass is 16.4. The summed E-state index contributed by atoms with van der Waals surface area (Å²) >= 11 is 0. The van der Waals surface area contributed by atoms with E-state index in [1.54, 1.807) is 0 Å². The summed E-state index contributed by atoms with van der Waals surface area (Å²) in [4.78, 5) is 13.6. The molecule has 0 saturated carbocycles. The molecule has 98 valence electrons. The van der Waals surface area contributed by atoms with Crippen molar-refractivity contribution in [2.24, 2.45) is 5.92 Å². The maximum absolute atomic E-state index is 11.3. The number of carbonyl (C=O) groups is 1. The van der Waals surface area contributed by atoms with Crippen LogP contribution < -0.4 is 0 Å². The van der Waals surface area contributed by atoms with Crippen molar-refractivity contribution in [1.82, 2.24) is 4.90 Å². The first-order valence-electron chi connectivity index (χ1n) is 6.73. The quantitative estimate of drug-likeness (QED) is 0.889. The van der Waals surface area contributed by atoms with Gasteiger partial charge in [0.1, 0.15) is 0 Å². The van der Waals surface area contributed by atoms with Gasteiger partial charge in [-0.05, 0) is 31.4 Å². The lowest BCUT2D eigenvalue weighted by molar-refractivity contribution is -0.146. The molecule has 2 atom stereocenters. The second-order valence-electron chi connectivity index (χ2n) is 5.02. The Morgan fingerprint density at radius 2 is 2.11 bits per heavy atom. The van der Waals surface area contributed by atoms with E-state index < -0.39 is 5.97 Å². The van der Waals surface area contributed by atoms with Crippen LogP contribution in [0.4, 0.5) is 0 Å². The monoisotopic (exact) mass is 247 g/mol. The molecule has 1 aromatic rings. The van der Waals surface area contributed by atoms with Crippen LogP contribution in [0.2, 0.25) is 0 Å². The number of benzene rings is 1. The van der Waals surface area contributed by atoms with Gasteiger partial charge in [0, 0.05) is 12.6 Å². The Morgan fingerprint density at radius 3 is 2.72 bits per heavy atom. The van der Waals surface area contributed by atoms with Crippen LogP contribution in [-0.4, -0.2) is 28.6 Å². The Kier molecular flexibility index (Phi) is 4.37. The predicted molar refractivity (Wildman–Crippen MR) is 71.3 cm³/mol. The molecule has 1 aliphatic rings. The Balaban J connectivity index is 2.08. The van der Waals surface area contributed by atoms with E-state index in [1.807, 2.05) is 18.2 Å². The van der Waals surface area contributed by atoms with Gasteiger partial charge in [0.2, 0.25) is 0 Å². The van der Waals surface area contributed by atoms with Crippen molar-refractivity contribution in [3.05, 3.63) is 35.9 Å². The van der Waals surface area contributed by atoms with Gasteiger partial charge in [-0.15, -0.1) is 0 Å². The predicted octanol–water partition coefficient (Wildman–Crippen LogP) is 2.76. The Labute approximate surface area is 108 Å². The van der Waals surface area contributed by atoms with Gasteiger partial charge in [0.25, 0.3) is 0 Å². The zero-order chi connectivity index (χ0) is 13.0. The molecule has 1 N–H and O–H groups in total. The number of rotatable bonds is 4. The minimum atomic E-state index is -0.639. The molecule has 1 fully saturated rings. The normalized spacial score (nSPS) is 24.9. The van der Waals surface area contributed by atoms with Gasteiger partial charge in [-0.3, -0.25) is 9.69 Å². The van der Waals surface area contributed by atoms with Crippen molar-refractivity contribution in [1.29, 1.82) is 0 Å². The molecule has 1 saturated heterocycles. The molecule has 0 spiro atoms. The van der Waals surface area contributed by atoms with Crippen molar-refractivity contribution < 1.29 is 9.90 Å². The van der Waals surface area contributed by atoms with Crippen LogP contribution in [-0.2, 0) is 11.3 Å². The van der Waals surface area contributed by atoms with Gasteiger partial charge >= 0.3 is 5.97 Å². The summed E-state index contributed by atoms with van der Waals surface area (Å²) in [7, 11) is 0. The number of nitrogens with zero attached hydrogens (tertiary/aromatic N) is 1. The summed E-state index contributed by atoms with van der Waals surface area (Å²) in [6.07, 6.45) is 2.71. The summed E-state index contributed by atoms with van der Waals surface area (Å²) in [5, 5.41) is 9.30. The summed E-state index contributed by atoms with van der Waals surface area (Å²) < 4.78 is 0. The second-order valence-corrected chi connectivity index (χ2v) is 5.02. The SMILES string of the molecule is CCC1C(C(=O)O)CCCN1Cc1ccccc1. The third-order valence-corrected chi connectivity index (χ3v) is 3.86. The molecule has 0 amide bonds. The minimum Gasteiger partial charge on any atom is -0.481 e. The zero-order valence-corrected chi connectivity index (χ0v) is 10.9. The molecule has 1 heterocycles. The Hall–Kier alpha value is -1.35. The van der Waals surface area contributed by atoms with Crippen LogP contribution in [0.1, 0.15) is 31.7 Å². The highest BCUT2D eigenvalue weighted by molar-refractivity contribution is 5.71. The maximum atomic E-state index is 11.3. The smallest absolute Gasteiger partial charge is 0.308 e. The summed E-state index contributed by atoms with van der Waals surface area (Å²) in [5.41, 5.74) is 1.27. The van der Waals surface area contributed by atoms with E-state index in [1.165, 1.54) is 5.56 Å². The van der Waals surface area contributed by atoms with E-state index in [0.717, 1.165) is 32.4 Å². The molecule has 3 heteroatoms. The number of hydrogen-bond donors (Lipinski definition) is 1. The van der Waals surface area contributed by atoms with E-state index in [9.17, 15) is 9.90 Å². The van der Waals surface area contributed by atoms with Crippen LogP contribution in [0.25, 0.3) is 0 Å². The summed E-state index contributed by atoms with van der Waals surface area (Å²) in [6.45, 7) is 3.96. The van der Waals surface area contributed by atoms with Crippen LogP contribution in [0, 0.1) is 5.92 Å². The highest BCUT2D eigenvalue weighted by Crippen LogP contribution is 2.27. The van der Waals surface area contributed by atoms with E-state index in [-0.39, 0.29) is 12.0 Å². The molecule has 0 bridgehead atoms. The van der Waals surface area contributed by atoms with Gasteiger partial charge in [-0.2, -0.15) is 0 Å². The van der Waals surface area contributed by atoms with Crippen LogP contribution >= 0.6 is 0 Å². The van der Waals surface area contributed by atoms with Crippen LogP contribution in [0.5, 0.6) is 0 Å². The van der Waals surface area contributed by atoms with Crippen molar-refractivity contribution >= 4 is 5.97 Å². The van der Waals surface area contributed by atoms with E-state index in [2.05, 4.69) is 24.0 Å². The molecule has 0 aliphatic carbocycles. The molecule has 0 radical (unpaired) electrons. The fourth-order valence-corrected chi connectivity index (χ4v) is 2.97. The second kappa shape index (κ2) is 6.01. The Morgan fingerprint density at radius 1 is 1.39 bits per heavy atom. The zero-order valence-electron chi connectivity index (χ0n) is 10.9. The lowest BCUT2D eigenvalue weighted by Gasteiger charge is -2.39.